The van der Waals surface area contributed by atoms with E-state index in [1.54, 1.807) is 13.2 Å². The topological polar surface area (TPSA) is 67.4 Å². The Hall–Kier alpha value is -2.60. The van der Waals surface area contributed by atoms with Crippen LogP contribution in [0.5, 0.6) is 0 Å². The van der Waals surface area contributed by atoms with E-state index in [-0.39, 0.29) is 5.69 Å². The van der Waals surface area contributed by atoms with Gasteiger partial charge >= 0.3 is 11.7 Å². The Morgan fingerprint density at radius 2 is 2.00 bits per heavy atom. The Balaban J connectivity index is 2.40. The summed E-state index contributed by atoms with van der Waals surface area (Å²) in [6.07, 6.45) is 1.38. The number of benzene rings is 1. The van der Waals surface area contributed by atoms with E-state index >= 15 is 0 Å². The van der Waals surface area contributed by atoms with Crippen LogP contribution in [0.4, 0.5) is 0 Å². The molecule has 0 amide bonds. The highest BCUT2D eigenvalue weighted by atomic mass is 16.5. The van der Waals surface area contributed by atoms with Gasteiger partial charge in [0.15, 0.2) is 0 Å². The molecule has 0 N–H and O–H groups in total. The van der Waals surface area contributed by atoms with Crippen molar-refractivity contribution in [3.8, 4) is 0 Å². The molecule has 0 aliphatic heterocycles. The van der Waals surface area contributed by atoms with Gasteiger partial charge in [0.05, 0.1) is 12.6 Å². The van der Waals surface area contributed by atoms with Crippen LogP contribution >= 0.6 is 0 Å². The highest BCUT2D eigenvalue weighted by molar-refractivity contribution is 6.08. The third kappa shape index (κ3) is 2.00. The molecule has 0 saturated carbocycles. The van der Waals surface area contributed by atoms with Crippen LogP contribution in [0.3, 0.4) is 0 Å². The van der Waals surface area contributed by atoms with E-state index in [4.69, 9.17) is 4.74 Å². The first-order valence-corrected chi connectivity index (χ1v) is 6.38. The molecule has 0 aliphatic carbocycles. The average Bonchev–Trinajstić information content (AvgIpc) is 2.80. The van der Waals surface area contributed by atoms with Crippen molar-refractivity contribution in [1.29, 1.82) is 0 Å². The Bertz CT molecular complexity index is 838. The fourth-order valence-corrected chi connectivity index (χ4v) is 2.54. The van der Waals surface area contributed by atoms with Gasteiger partial charge in [-0.05, 0) is 6.07 Å². The predicted octanol–water partition coefficient (Wildman–Crippen LogP) is 1.82. The molecule has 2 aromatic heterocycles. The van der Waals surface area contributed by atoms with Gasteiger partial charge in [0, 0.05) is 23.9 Å². The third-order valence-corrected chi connectivity index (χ3v) is 3.46. The first-order chi connectivity index (χ1) is 10.2. The lowest BCUT2D eigenvalue weighted by Crippen LogP contribution is -2.34. The second-order valence-corrected chi connectivity index (χ2v) is 4.64. The molecule has 6 nitrogen and oxygen atoms in total. The van der Waals surface area contributed by atoms with Crippen LogP contribution in [0.1, 0.15) is 10.5 Å². The zero-order chi connectivity index (χ0) is 15.0. The number of ether oxygens (including phenoxy) is 2. The van der Waals surface area contributed by atoms with E-state index in [2.05, 4.69) is 4.74 Å². The summed E-state index contributed by atoms with van der Waals surface area (Å²) in [4.78, 5) is 11.7. The van der Waals surface area contributed by atoms with Gasteiger partial charge in [0.1, 0.15) is 12.2 Å². The van der Waals surface area contributed by atoms with E-state index < -0.39 is 5.97 Å². The average molecular weight is 286 g/mol. The summed E-state index contributed by atoms with van der Waals surface area (Å²) in [5.41, 5.74) is 1.61. The molecule has 0 atom stereocenters. The van der Waals surface area contributed by atoms with E-state index in [1.165, 1.54) is 13.3 Å². The quantitative estimate of drug-likeness (QED) is 0.418. The summed E-state index contributed by atoms with van der Waals surface area (Å²) in [5, 5.41) is 13.8. The highest BCUT2D eigenvalue weighted by Crippen LogP contribution is 2.28. The summed E-state index contributed by atoms with van der Waals surface area (Å²) >= 11 is 0. The van der Waals surface area contributed by atoms with Crippen LogP contribution in [-0.2, 0) is 16.2 Å². The van der Waals surface area contributed by atoms with Crippen molar-refractivity contribution in [2.45, 2.75) is 6.73 Å². The van der Waals surface area contributed by atoms with Crippen molar-refractivity contribution in [2.75, 3.05) is 14.2 Å². The summed E-state index contributed by atoms with van der Waals surface area (Å²) in [6.45, 7) is 0.321. The summed E-state index contributed by atoms with van der Waals surface area (Å²) < 4.78 is 12.3. The van der Waals surface area contributed by atoms with Gasteiger partial charge in [0.2, 0.25) is 6.20 Å². The minimum absolute atomic E-state index is 0.0367. The maximum Gasteiger partial charge on any atom is 0.404 e. The smallest absolute Gasteiger partial charge is 0.404 e. The van der Waals surface area contributed by atoms with Gasteiger partial charge in [0.25, 0.3) is 0 Å². The molecular weight excluding hydrogens is 272 g/mol. The number of esters is 1. The van der Waals surface area contributed by atoms with Crippen LogP contribution in [0.2, 0.25) is 0 Å². The van der Waals surface area contributed by atoms with Crippen molar-refractivity contribution >= 4 is 27.8 Å². The summed E-state index contributed by atoms with van der Waals surface area (Å²) in [7, 11) is 2.84. The van der Waals surface area contributed by atoms with E-state index in [9.17, 15) is 10.0 Å². The van der Waals surface area contributed by atoms with Gasteiger partial charge in [-0.2, -0.15) is 4.73 Å². The maximum atomic E-state index is 12.0. The Labute approximate surface area is 120 Å². The molecule has 6 heteroatoms. The zero-order valence-electron chi connectivity index (χ0n) is 11.7. The molecular formula is C15H14N2O4. The number of aromatic nitrogens is 2. The lowest BCUT2D eigenvalue weighted by atomic mass is 10.1. The molecule has 21 heavy (non-hydrogen) atoms. The van der Waals surface area contributed by atoms with E-state index in [0.29, 0.717) is 17.0 Å². The van der Waals surface area contributed by atoms with Crippen LogP contribution < -0.4 is 4.73 Å². The first-order valence-electron chi connectivity index (χ1n) is 6.38. The number of pyridine rings is 1. The van der Waals surface area contributed by atoms with Crippen LogP contribution in [-0.4, -0.2) is 24.8 Å². The standard InChI is InChI=1S/C15H14N2O4/c1-20-9-16-12-6-4-3-5-10(12)11-7-13(15(18)21-2)17(19)8-14(11)16/h3-8H,9H2,1-2H3. The Kier molecular flexibility index (Phi) is 3.23. The number of methoxy groups -OCH3 is 2. The number of hydrogen-bond acceptors (Lipinski definition) is 4. The number of hydrogen-bond donors (Lipinski definition) is 0. The number of fused-ring (bicyclic) bond motifs is 3. The van der Waals surface area contributed by atoms with Crippen molar-refractivity contribution in [3.63, 3.8) is 0 Å². The molecule has 2 heterocycles. The molecule has 0 fully saturated rings. The lowest BCUT2D eigenvalue weighted by Gasteiger charge is -2.06. The van der Waals surface area contributed by atoms with Gasteiger partial charge in [-0.25, -0.2) is 4.79 Å². The third-order valence-electron chi connectivity index (χ3n) is 3.46. The van der Waals surface area contributed by atoms with Crippen LogP contribution in [0.25, 0.3) is 21.8 Å². The molecule has 0 aliphatic rings. The summed E-state index contributed by atoms with van der Waals surface area (Å²) in [5.74, 6) is -0.657. The molecule has 3 aromatic rings. The molecule has 0 radical (unpaired) electrons. The van der Waals surface area contributed by atoms with Crippen molar-refractivity contribution in [1.82, 2.24) is 4.57 Å². The van der Waals surface area contributed by atoms with Gasteiger partial charge < -0.3 is 19.2 Å². The maximum absolute atomic E-state index is 12.0. The fraction of sp³-hybridized carbons (Fsp3) is 0.200. The summed E-state index contributed by atoms with van der Waals surface area (Å²) in [6, 6.07) is 9.28. The SMILES string of the molecule is COCn1c2ccccc2c2cc(C(=O)OC)[n+]([O-])cc21. The zero-order valence-corrected chi connectivity index (χ0v) is 11.7. The number of nitrogens with zero attached hydrogens (tertiary/aromatic N) is 2. The Morgan fingerprint density at radius 3 is 2.71 bits per heavy atom. The van der Waals surface area contributed by atoms with Crippen molar-refractivity contribution in [3.05, 3.63) is 47.4 Å². The van der Waals surface area contributed by atoms with E-state index in [0.717, 1.165) is 16.3 Å². The number of carbonyl (C=O) groups is 1. The fourth-order valence-electron chi connectivity index (χ4n) is 2.54. The second kappa shape index (κ2) is 5.06. The van der Waals surface area contributed by atoms with Crippen molar-refractivity contribution in [2.24, 2.45) is 0 Å². The largest absolute Gasteiger partial charge is 0.618 e. The molecule has 0 bridgehead atoms. The monoisotopic (exact) mass is 286 g/mol. The number of carbonyl (C=O) groups excluding carboxylic acids is 1. The minimum atomic E-state index is -0.657. The lowest BCUT2D eigenvalue weighted by molar-refractivity contribution is -0.607. The minimum Gasteiger partial charge on any atom is -0.618 e. The van der Waals surface area contributed by atoms with E-state index in [1.807, 2.05) is 28.8 Å². The molecule has 0 unspecified atom stereocenters. The number of rotatable bonds is 3. The highest BCUT2D eigenvalue weighted by Gasteiger charge is 2.21. The van der Waals surface area contributed by atoms with Gasteiger partial charge in [-0.15, -0.1) is 0 Å². The molecule has 3 rings (SSSR count). The Morgan fingerprint density at radius 1 is 1.24 bits per heavy atom. The predicted molar refractivity (Wildman–Crippen MR) is 76.8 cm³/mol. The van der Waals surface area contributed by atoms with Gasteiger partial charge in [-0.1, -0.05) is 18.2 Å². The molecule has 1 aromatic carbocycles. The normalized spacial score (nSPS) is 11.1. The van der Waals surface area contributed by atoms with Crippen LogP contribution in [0, 0.1) is 5.21 Å². The molecule has 0 saturated heterocycles. The first kappa shape index (κ1) is 13.4. The van der Waals surface area contributed by atoms with Gasteiger partial charge in [-0.3, -0.25) is 0 Å². The van der Waals surface area contributed by atoms with Crippen molar-refractivity contribution < 1.29 is 19.0 Å². The molecule has 108 valence electrons. The number of para-hydroxylation sites is 1. The second-order valence-electron chi connectivity index (χ2n) is 4.64. The molecule has 0 spiro atoms. The van der Waals surface area contributed by atoms with Crippen LogP contribution in [0.15, 0.2) is 36.5 Å².